The summed E-state index contributed by atoms with van der Waals surface area (Å²) in [5, 5.41) is 20.6. The Morgan fingerprint density at radius 1 is 1.46 bits per heavy atom. The summed E-state index contributed by atoms with van der Waals surface area (Å²) in [6.45, 7) is 3.15. The van der Waals surface area contributed by atoms with Crippen molar-refractivity contribution >= 4 is 5.69 Å². The lowest BCUT2D eigenvalue weighted by atomic mass is 10.3. The van der Waals surface area contributed by atoms with Crippen molar-refractivity contribution in [1.82, 2.24) is 0 Å². The van der Waals surface area contributed by atoms with Crippen molar-refractivity contribution in [2.24, 2.45) is 0 Å². The van der Waals surface area contributed by atoms with Crippen LogP contribution in [0.25, 0.3) is 0 Å². The van der Waals surface area contributed by atoms with Gasteiger partial charge in [0.25, 0.3) is 0 Å². The van der Waals surface area contributed by atoms with Gasteiger partial charge in [-0.1, -0.05) is 0 Å². The summed E-state index contributed by atoms with van der Waals surface area (Å²) >= 11 is 0. The molecular formula is C7H9N3O3. The Morgan fingerprint density at radius 3 is 2.62 bits per heavy atom. The SMILES string of the molecule is Cc1ccc(N[N+](=O)[O-])c(C)[n+]1[O-]. The second kappa shape index (κ2) is 3.26. The molecule has 6 heteroatoms. The van der Waals surface area contributed by atoms with Gasteiger partial charge in [0.1, 0.15) is 0 Å². The van der Waals surface area contributed by atoms with Crippen molar-refractivity contribution in [1.29, 1.82) is 0 Å². The van der Waals surface area contributed by atoms with Gasteiger partial charge in [0.2, 0.25) is 5.69 Å². The number of rotatable bonds is 2. The molecule has 0 spiro atoms. The lowest BCUT2D eigenvalue weighted by molar-refractivity contribution is -0.618. The van der Waals surface area contributed by atoms with E-state index in [2.05, 4.69) is 0 Å². The van der Waals surface area contributed by atoms with Crippen LogP contribution in [0.5, 0.6) is 0 Å². The summed E-state index contributed by atoms with van der Waals surface area (Å²) in [5.41, 5.74) is 2.95. The Morgan fingerprint density at radius 2 is 2.08 bits per heavy atom. The van der Waals surface area contributed by atoms with Crippen molar-refractivity contribution in [2.45, 2.75) is 13.8 Å². The van der Waals surface area contributed by atoms with Crippen molar-refractivity contribution in [3.63, 3.8) is 0 Å². The normalized spacial score (nSPS) is 9.69. The van der Waals surface area contributed by atoms with Crippen LogP contribution in [0.15, 0.2) is 12.1 Å². The Kier molecular flexibility index (Phi) is 2.32. The smallest absolute Gasteiger partial charge is 0.219 e. The number of pyridine rings is 1. The third kappa shape index (κ3) is 1.84. The highest BCUT2D eigenvalue weighted by atomic mass is 16.7. The molecule has 1 heterocycles. The Balaban J connectivity index is 3.10. The molecule has 0 aliphatic rings. The number of nitrogens with one attached hydrogen (secondary N) is 1. The molecule has 0 aliphatic carbocycles. The number of hydrazine groups is 1. The number of nitro groups is 1. The van der Waals surface area contributed by atoms with E-state index in [0.29, 0.717) is 10.4 Å². The highest BCUT2D eigenvalue weighted by Gasteiger charge is 2.12. The van der Waals surface area contributed by atoms with Gasteiger partial charge in [-0.2, -0.15) is 4.73 Å². The monoisotopic (exact) mass is 183 g/mol. The zero-order valence-electron chi connectivity index (χ0n) is 7.27. The Labute approximate surface area is 74.5 Å². The number of aromatic nitrogens is 1. The van der Waals surface area contributed by atoms with Crippen molar-refractivity contribution in [2.75, 3.05) is 5.43 Å². The quantitative estimate of drug-likeness (QED) is 0.314. The largest absolute Gasteiger partial charge is 0.618 e. The average molecular weight is 183 g/mol. The molecule has 13 heavy (non-hydrogen) atoms. The number of hydrogen-bond acceptors (Lipinski definition) is 3. The molecule has 1 aromatic rings. The fraction of sp³-hybridized carbons (Fsp3) is 0.286. The Hall–Kier alpha value is -1.85. The summed E-state index contributed by atoms with van der Waals surface area (Å²) in [5.74, 6) is 0. The van der Waals surface area contributed by atoms with Gasteiger partial charge in [0.15, 0.2) is 16.4 Å². The summed E-state index contributed by atoms with van der Waals surface area (Å²) in [6.07, 6.45) is 0. The minimum absolute atomic E-state index is 0.214. The molecule has 0 bridgehead atoms. The molecule has 70 valence electrons. The van der Waals surface area contributed by atoms with E-state index in [-0.39, 0.29) is 11.4 Å². The molecule has 1 aromatic heterocycles. The van der Waals surface area contributed by atoms with E-state index in [1.807, 2.05) is 5.43 Å². The van der Waals surface area contributed by atoms with Gasteiger partial charge in [0.05, 0.1) is 0 Å². The van der Waals surface area contributed by atoms with Crippen LogP contribution in [0.2, 0.25) is 0 Å². The fourth-order valence-electron chi connectivity index (χ4n) is 0.983. The molecule has 1 rings (SSSR count). The van der Waals surface area contributed by atoms with Crippen LogP contribution in [0.3, 0.4) is 0 Å². The standard InChI is InChI=1S/C7H9N3O3/c1-5-3-4-7(8-10(12)13)6(2)9(5)11/h3-4,8H,1-2H3. The molecular weight excluding hydrogens is 174 g/mol. The summed E-state index contributed by atoms with van der Waals surface area (Å²) in [4.78, 5) is 10.1. The van der Waals surface area contributed by atoms with E-state index < -0.39 is 5.03 Å². The predicted molar refractivity (Wildman–Crippen MR) is 45.5 cm³/mol. The van der Waals surface area contributed by atoms with Gasteiger partial charge in [-0.15, -0.1) is 5.43 Å². The molecule has 0 unspecified atom stereocenters. The van der Waals surface area contributed by atoms with Crippen LogP contribution >= 0.6 is 0 Å². The first-order chi connectivity index (χ1) is 6.02. The molecule has 6 nitrogen and oxygen atoms in total. The Bertz CT molecular complexity index is 351. The maximum atomic E-state index is 11.2. The zero-order chi connectivity index (χ0) is 10.0. The molecule has 0 saturated heterocycles. The second-order valence-corrected chi connectivity index (χ2v) is 2.64. The van der Waals surface area contributed by atoms with Gasteiger partial charge in [-0.05, 0) is 6.07 Å². The van der Waals surface area contributed by atoms with Crippen LogP contribution in [0.1, 0.15) is 11.4 Å². The lowest BCUT2D eigenvalue weighted by Crippen LogP contribution is -2.34. The molecule has 0 aromatic carbocycles. The van der Waals surface area contributed by atoms with Crippen molar-refractivity contribution in [3.8, 4) is 0 Å². The van der Waals surface area contributed by atoms with E-state index in [1.165, 1.54) is 19.1 Å². The third-order valence-electron chi connectivity index (χ3n) is 1.72. The van der Waals surface area contributed by atoms with E-state index in [9.17, 15) is 15.3 Å². The van der Waals surface area contributed by atoms with Crippen molar-refractivity contribution < 1.29 is 9.76 Å². The summed E-state index contributed by atoms with van der Waals surface area (Å²) in [7, 11) is 0. The van der Waals surface area contributed by atoms with E-state index >= 15 is 0 Å². The van der Waals surface area contributed by atoms with E-state index in [0.717, 1.165) is 0 Å². The minimum atomic E-state index is -0.697. The average Bonchev–Trinajstić information content (AvgIpc) is 2.06. The molecule has 0 aliphatic heterocycles. The van der Waals surface area contributed by atoms with Crippen molar-refractivity contribution in [3.05, 3.63) is 38.8 Å². The molecule has 0 saturated carbocycles. The first-order valence-electron chi connectivity index (χ1n) is 3.63. The molecule has 0 radical (unpaired) electrons. The fourth-order valence-corrected chi connectivity index (χ4v) is 0.983. The van der Waals surface area contributed by atoms with E-state index in [1.54, 1.807) is 6.92 Å². The topological polar surface area (TPSA) is 82.1 Å². The van der Waals surface area contributed by atoms with Crippen LogP contribution in [0, 0.1) is 29.2 Å². The molecule has 1 N–H and O–H groups in total. The maximum absolute atomic E-state index is 11.2. The third-order valence-corrected chi connectivity index (χ3v) is 1.72. The first-order valence-corrected chi connectivity index (χ1v) is 3.63. The summed E-state index contributed by atoms with van der Waals surface area (Å²) < 4.78 is 0.645. The number of nitrogens with zero attached hydrogens (tertiary/aromatic N) is 2. The minimum Gasteiger partial charge on any atom is -0.618 e. The summed E-state index contributed by atoms with van der Waals surface area (Å²) in [6, 6.07) is 3.02. The van der Waals surface area contributed by atoms with Crippen LogP contribution < -0.4 is 10.2 Å². The van der Waals surface area contributed by atoms with Gasteiger partial charge < -0.3 is 5.21 Å². The number of hydrogen-bond donors (Lipinski definition) is 1. The van der Waals surface area contributed by atoms with Gasteiger partial charge in [0, 0.05) is 19.9 Å². The molecule has 0 atom stereocenters. The first kappa shape index (κ1) is 9.24. The second-order valence-electron chi connectivity index (χ2n) is 2.64. The van der Waals surface area contributed by atoms with Gasteiger partial charge in [-0.25, -0.2) is 10.1 Å². The predicted octanol–water partition coefficient (Wildman–Crippen LogP) is 0.540. The van der Waals surface area contributed by atoms with Crippen LogP contribution in [-0.2, 0) is 0 Å². The van der Waals surface area contributed by atoms with Gasteiger partial charge >= 0.3 is 0 Å². The van der Waals surface area contributed by atoms with Crippen LogP contribution in [-0.4, -0.2) is 5.03 Å². The van der Waals surface area contributed by atoms with Gasteiger partial charge in [-0.3, -0.25) is 0 Å². The highest BCUT2D eigenvalue weighted by molar-refractivity contribution is 5.42. The molecule has 0 amide bonds. The highest BCUT2D eigenvalue weighted by Crippen LogP contribution is 2.10. The van der Waals surface area contributed by atoms with Crippen LogP contribution in [0.4, 0.5) is 5.69 Å². The number of aryl methyl sites for hydroxylation is 1. The molecule has 0 fully saturated rings. The zero-order valence-corrected chi connectivity index (χ0v) is 7.27. The maximum Gasteiger partial charge on any atom is 0.219 e. The van der Waals surface area contributed by atoms with E-state index in [4.69, 9.17) is 0 Å². The lowest BCUT2D eigenvalue weighted by Gasteiger charge is -2.05. The number of anilines is 1.